The number of hydrogen-bond acceptors (Lipinski definition) is 4. The predicted octanol–water partition coefficient (Wildman–Crippen LogP) is 3.50. The molecule has 0 aliphatic rings. The van der Waals surface area contributed by atoms with Gasteiger partial charge >= 0.3 is 0 Å². The van der Waals surface area contributed by atoms with Crippen LogP contribution in [0.5, 0.6) is 5.75 Å². The van der Waals surface area contributed by atoms with E-state index in [1.165, 1.54) is 30.5 Å². The van der Waals surface area contributed by atoms with Crippen molar-refractivity contribution < 1.29 is 18.3 Å². The lowest BCUT2D eigenvalue weighted by Gasteiger charge is -2.13. The molecule has 0 radical (unpaired) electrons. The van der Waals surface area contributed by atoms with Gasteiger partial charge in [0.05, 0.1) is 11.6 Å². The molecule has 0 aliphatic carbocycles. The van der Waals surface area contributed by atoms with Crippen LogP contribution in [0.1, 0.15) is 15.9 Å². The van der Waals surface area contributed by atoms with E-state index in [4.69, 9.17) is 10.00 Å². The SMILES string of the molecule is CN(C)C=C(Oc1cc(C#N)ccc1F)C(=O)c1ccc(F)cc1. The van der Waals surface area contributed by atoms with Crippen LogP contribution in [0.25, 0.3) is 0 Å². The van der Waals surface area contributed by atoms with Crippen LogP contribution in [0.15, 0.2) is 54.4 Å². The quantitative estimate of drug-likeness (QED) is 0.479. The molecule has 24 heavy (non-hydrogen) atoms. The molecule has 0 amide bonds. The molecule has 4 nitrogen and oxygen atoms in total. The average molecular weight is 328 g/mol. The molecule has 6 heteroatoms. The summed E-state index contributed by atoms with van der Waals surface area (Å²) in [6, 6.07) is 10.4. The Kier molecular flexibility index (Phi) is 5.27. The molecule has 0 aliphatic heterocycles. The van der Waals surface area contributed by atoms with Crippen molar-refractivity contribution in [3.63, 3.8) is 0 Å². The highest BCUT2D eigenvalue weighted by Gasteiger charge is 2.18. The van der Waals surface area contributed by atoms with Gasteiger partial charge in [-0.05, 0) is 36.4 Å². The maximum atomic E-state index is 13.9. The number of rotatable bonds is 5. The zero-order valence-electron chi connectivity index (χ0n) is 13.1. The average Bonchev–Trinajstić information content (AvgIpc) is 2.55. The number of carbonyl (C=O) groups excluding carboxylic acids is 1. The lowest BCUT2D eigenvalue weighted by atomic mass is 10.1. The van der Waals surface area contributed by atoms with Gasteiger partial charge in [-0.3, -0.25) is 4.79 Å². The van der Waals surface area contributed by atoms with E-state index in [2.05, 4.69) is 0 Å². The van der Waals surface area contributed by atoms with Gasteiger partial charge in [0.1, 0.15) is 5.82 Å². The number of nitrogens with zero attached hydrogens (tertiary/aromatic N) is 2. The van der Waals surface area contributed by atoms with E-state index in [1.54, 1.807) is 19.0 Å². The van der Waals surface area contributed by atoms with Gasteiger partial charge in [0, 0.05) is 31.9 Å². The van der Waals surface area contributed by atoms with Crippen LogP contribution in [0.3, 0.4) is 0 Å². The second-order valence-corrected chi connectivity index (χ2v) is 5.15. The topological polar surface area (TPSA) is 53.3 Å². The van der Waals surface area contributed by atoms with Gasteiger partial charge < -0.3 is 9.64 Å². The van der Waals surface area contributed by atoms with E-state index in [-0.39, 0.29) is 22.6 Å². The number of nitriles is 1. The van der Waals surface area contributed by atoms with Crippen LogP contribution in [-0.4, -0.2) is 24.8 Å². The van der Waals surface area contributed by atoms with E-state index in [1.807, 2.05) is 6.07 Å². The molecule has 0 heterocycles. The summed E-state index contributed by atoms with van der Waals surface area (Å²) in [5.74, 6) is -2.10. The van der Waals surface area contributed by atoms with E-state index < -0.39 is 17.4 Å². The number of Topliss-reactive ketones (excluding diaryl/α,β-unsaturated/α-hetero) is 1. The molecule has 0 saturated carbocycles. The summed E-state index contributed by atoms with van der Waals surface area (Å²) < 4.78 is 32.3. The van der Waals surface area contributed by atoms with Crippen molar-refractivity contribution >= 4 is 5.78 Å². The molecule has 2 aromatic carbocycles. The molecule has 0 fully saturated rings. The van der Waals surface area contributed by atoms with Crippen molar-refractivity contribution in [3.8, 4) is 11.8 Å². The lowest BCUT2D eigenvalue weighted by Crippen LogP contribution is -2.15. The molecule has 2 aromatic rings. The van der Waals surface area contributed by atoms with Crippen molar-refractivity contribution in [2.45, 2.75) is 0 Å². The molecule has 0 N–H and O–H groups in total. The lowest BCUT2D eigenvalue weighted by molar-refractivity contribution is 0.0981. The fourth-order valence-electron chi connectivity index (χ4n) is 1.88. The van der Waals surface area contributed by atoms with Gasteiger partial charge in [0.2, 0.25) is 5.78 Å². The molecular weight excluding hydrogens is 314 g/mol. The molecule has 0 aromatic heterocycles. The number of allylic oxidation sites excluding steroid dienone is 1. The Morgan fingerprint density at radius 1 is 1.17 bits per heavy atom. The van der Waals surface area contributed by atoms with Gasteiger partial charge in [-0.25, -0.2) is 8.78 Å². The van der Waals surface area contributed by atoms with Crippen LogP contribution >= 0.6 is 0 Å². The Labute approximate surface area is 138 Å². The van der Waals surface area contributed by atoms with Crippen molar-refractivity contribution in [1.82, 2.24) is 4.90 Å². The molecule has 2 rings (SSSR count). The van der Waals surface area contributed by atoms with E-state index in [0.717, 1.165) is 18.2 Å². The number of hydrogen-bond donors (Lipinski definition) is 0. The first-order valence-electron chi connectivity index (χ1n) is 6.96. The first kappa shape index (κ1) is 17.2. The third-order valence-electron chi connectivity index (χ3n) is 2.99. The minimum absolute atomic E-state index is 0.152. The Morgan fingerprint density at radius 2 is 1.83 bits per heavy atom. The highest BCUT2D eigenvalue weighted by atomic mass is 19.1. The summed E-state index contributed by atoms with van der Waals surface area (Å²) >= 11 is 0. The zero-order valence-corrected chi connectivity index (χ0v) is 13.1. The van der Waals surface area contributed by atoms with Gasteiger partial charge in [-0.1, -0.05) is 0 Å². The maximum Gasteiger partial charge on any atom is 0.229 e. The Balaban J connectivity index is 2.38. The summed E-state index contributed by atoms with van der Waals surface area (Å²) in [4.78, 5) is 14.1. The van der Waals surface area contributed by atoms with Crippen LogP contribution in [0, 0.1) is 23.0 Å². The third kappa shape index (κ3) is 4.17. The third-order valence-corrected chi connectivity index (χ3v) is 2.99. The van der Waals surface area contributed by atoms with Crippen molar-refractivity contribution in [3.05, 3.63) is 77.2 Å². The fraction of sp³-hybridized carbons (Fsp3) is 0.111. The van der Waals surface area contributed by atoms with Gasteiger partial charge in [-0.2, -0.15) is 5.26 Å². The highest BCUT2D eigenvalue weighted by molar-refractivity contribution is 6.07. The summed E-state index contributed by atoms with van der Waals surface area (Å²) in [5, 5.41) is 8.89. The Bertz CT molecular complexity index is 822. The molecule has 0 bridgehead atoms. The Morgan fingerprint density at radius 3 is 2.42 bits per heavy atom. The fourth-order valence-corrected chi connectivity index (χ4v) is 1.88. The minimum Gasteiger partial charge on any atom is -0.449 e. The monoisotopic (exact) mass is 328 g/mol. The van der Waals surface area contributed by atoms with Crippen LogP contribution in [0.4, 0.5) is 8.78 Å². The maximum absolute atomic E-state index is 13.9. The number of halogens is 2. The first-order valence-corrected chi connectivity index (χ1v) is 6.96. The second kappa shape index (κ2) is 7.38. The molecule has 0 saturated heterocycles. The summed E-state index contributed by atoms with van der Waals surface area (Å²) in [6.07, 6.45) is 1.38. The number of carbonyl (C=O) groups is 1. The molecule has 0 atom stereocenters. The zero-order chi connectivity index (χ0) is 17.7. The molecule has 122 valence electrons. The van der Waals surface area contributed by atoms with Gasteiger partial charge in [0.25, 0.3) is 0 Å². The number of benzene rings is 2. The summed E-state index contributed by atoms with van der Waals surface area (Å²) in [6.45, 7) is 0. The number of ketones is 1. The highest BCUT2D eigenvalue weighted by Crippen LogP contribution is 2.22. The second-order valence-electron chi connectivity index (χ2n) is 5.15. The van der Waals surface area contributed by atoms with E-state index in [9.17, 15) is 13.6 Å². The van der Waals surface area contributed by atoms with E-state index >= 15 is 0 Å². The van der Waals surface area contributed by atoms with Crippen molar-refractivity contribution in [2.75, 3.05) is 14.1 Å². The normalized spacial score (nSPS) is 10.9. The Hall–Kier alpha value is -3.20. The smallest absolute Gasteiger partial charge is 0.229 e. The van der Waals surface area contributed by atoms with Gasteiger partial charge in [0.15, 0.2) is 17.3 Å². The predicted molar refractivity (Wildman–Crippen MR) is 84.2 cm³/mol. The minimum atomic E-state index is -0.703. The molecule has 0 spiro atoms. The van der Waals surface area contributed by atoms with Crippen LogP contribution < -0.4 is 4.74 Å². The largest absolute Gasteiger partial charge is 0.449 e. The first-order chi connectivity index (χ1) is 11.4. The van der Waals surface area contributed by atoms with Crippen molar-refractivity contribution in [1.29, 1.82) is 5.26 Å². The van der Waals surface area contributed by atoms with E-state index in [0.29, 0.717) is 0 Å². The van der Waals surface area contributed by atoms with Crippen molar-refractivity contribution in [2.24, 2.45) is 0 Å². The summed E-state index contributed by atoms with van der Waals surface area (Å²) in [7, 11) is 3.34. The molecule has 0 unspecified atom stereocenters. The van der Waals surface area contributed by atoms with Gasteiger partial charge in [-0.15, -0.1) is 0 Å². The van der Waals surface area contributed by atoms with Crippen LogP contribution in [-0.2, 0) is 0 Å². The summed E-state index contributed by atoms with van der Waals surface area (Å²) in [5.41, 5.74) is 0.395. The number of ether oxygens (including phenoxy) is 1. The standard InChI is InChI=1S/C18H14F2N2O2/c1-22(2)11-17(18(23)13-4-6-14(19)7-5-13)24-16-9-12(10-21)3-8-15(16)20/h3-9,11H,1-2H3. The molecular formula is C18H14F2N2O2. The van der Waals surface area contributed by atoms with Crippen LogP contribution in [0.2, 0.25) is 0 Å².